The maximum absolute atomic E-state index is 10.1. The number of hydrogen-bond acceptors (Lipinski definition) is 3. The summed E-state index contributed by atoms with van der Waals surface area (Å²) in [5.41, 5.74) is 1.85. The van der Waals surface area contributed by atoms with Gasteiger partial charge in [0.1, 0.15) is 5.78 Å². The van der Waals surface area contributed by atoms with E-state index in [1.165, 1.54) is 0 Å². The molecule has 0 bridgehead atoms. The molecule has 0 aromatic rings. The lowest BCUT2D eigenvalue weighted by Crippen LogP contribution is -1.98. The molecule has 0 radical (unpaired) electrons. The normalized spacial score (nSPS) is 8.33. The first-order valence-corrected chi connectivity index (χ1v) is 6.08. The van der Waals surface area contributed by atoms with Crippen LogP contribution < -0.4 is 5.11 Å². The Labute approximate surface area is 112 Å². The molecular weight excluding hydrogens is 228 g/mol. The van der Waals surface area contributed by atoms with Gasteiger partial charge in [0.15, 0.2) is 0 Å². The van der Waals surface area contributed by atoms with E-state index in [4.69, 9.17) is 5.11 Å². The minimum Gasteiger partial charge on any atom is -0.876 e. The van der Waals surface area contributed by atoms with Crippen molar-refractivity contribution in [1.29, 1.82) is 0 Å². The summed E-state index contributed by atoms with van der Waals surface area (Å²) in [5.74, 6) is 1.07. The number of aliphatic hydroxyl groups excluding tert-OH is 1. The molecule has 3 heteroatoms. The molecule has 0 saturated carbocycles. The number of aliphatic hydroxyl groups is 1. The van der Waals surface area contributed by atoms with Crippen molar-refractivity contribution in [3.8, 4) is 0 Å². The van der Waals surface area contributed by atoms with Gasteiger partial charge < -0.3 is 10.2 Å². The standard InChI is InChI=1S/3C5H10O/c3*1-4(2)5(3)6/h2*6H,1-3H3;4H,1-3H3/p-1. The number of carbonyl (C=O) groups is 1. The Morgan fingerprint density at radius 1 is 0.889 bits per heavy atom. The quantitative estimate of drug-likeness (QED) is 0.728. The summed E-state index contributed by atoms with van der Waals surface area (Å²) in [4.78, 5) is 10.1. The van der Waals surface area contributed by atoms with E-state index in [0.29, 0.717) is 5.76 Å². The first-order chi connectivity index (χ1) is 7.93. The molecule has 108 valence electrons. The Balaban J connectivity index is -0.000000187. The fourth-order valence-electron chi connectivity index (χ4n) is 0. The molecule has 0 aromatic heterocycles. The second-order valence-electron chi connectivity index (χ2n) is 4.91. The second kappa shape index (κ2) is 12.2. The van der Waals surface area contributed by atoms with Crippen molar-refractivity contribution in [2.75, 3.05) is 0 Å². The molecule has 1 N–H and O–H groups in total. The maximum atomic E-state index is 10.1. The number of Topliss-reactive ketones (excluding diaryl/α,β-unsaturated/α-hetero) is 1. The van der Waals surface area contributed by atoms with E-state index in [0.717, 1.165) is 11.1 Å². The van der Waals surface area contributed by atoms with Crippen molar-refractivity contribution in [2.24, 2.45) is 5.92 Å². The first-order valence-electron chi connectivity index (χ1n) is 6.08. The Morgan fingerprint density at radius 3 is 1.06 bits per heavy atom. The van der Waals surface area contributed by atoms with E-state index >= 15 is 0 Å². The van der Waals surface area contributed by atoms with E-state index in [1.54, 1.807) is 20.8 Å². The Morgan fingerprint density at radius 2 is 1.06 bits per heavy atom. The van der Waals surface area contributed by atoms with E-state index in [1.807, 2.05) is 41.5 Å². The maximum Gasteiger partial charge on any atom is 0.132 e. The SMILES string of the molecule is CC(=O)C(C)C.CC(C)=C(C)O.CC(C)=C(C)[O-]. The first kappa shape index (κ1) is 22.0. The molecule has 18 heavy (non-hydrogen) atoms. The Bertz CT molecular complexity index is 239. The zero-order chi connectivity index (χ0) is 15.5. The molecule has 0 aromatic carbocycles. The Hall–Kier alpha value is -1.25. The average Bonchev–Trinajstić information content (AvgIpc) is 2.18. The lowest BCUT2D eigenvalue weighted by atomic mass is 10.1. The third-order valence-corrected chi connectivity index (χ3v) is 2.24. The summed E-state index contributed by atoms with van der Waals surface area (Å²) in [7, 11) is 0. The molecule has 0 aliphatic carbocycles. The van der Waals surface area contributed by atoms with Crippen LogP contribution >= 0.6 is 0 Å². The van der Waals surface area contributed by atoms with Gasteiger partial charge in [-0.25, -0.2) is 0 Å². The van der Waals surface area contributed by atoms with E-state index in [9.17, 15) is 9.90 Å². The van der Waals surface area contributed by atoms with Crippen molar-refractivity contribution in [1.82, 2.24) is 0 Å². The lowest BCUT2D eigenvalue weighted by molar-refractivity contribution is -0.303. The van der Waals surface area contributed by atoms with Crippen LogP contribution in [0.4, 0.5) is 0 Å². The zero-order valence-corrected chi connectivity index (χ0v) is 13.3. The fourth-order valence-corrected chi connectivity index (χ4v) is 0. The van der Waals surface area contributed by atoms with Crippen LogP contribution in [-0.4, -0.2) is 10.9 Å². The number of carbonyl (C=O) groups excluding carboxylic acids is 1. The smallest absolute Gasteiger partial charge is 0.132 e. The third-order valence-electron chi connectivity index (χ3n) is 2.24. The molecule has 0 atom stereocenters. The molecule has 0 heterocycles. The number of allylic oxidation sites excluding steroid dienone is 4. The Kier molecular flexibility index (Phi) is 14.9. The van der Waals surface area contributed by atoms with Gasteiger partial charge >= 0.3 is 0 Å². The minimum atomic E-state index is 0.176. The molecule has 0 aliphatic heterocycles. The van der Waals surface area contributed by atoms with Gasteiger partial charge in [0.05, 0.1) is 5.76 Å². The van der Waals surface area contributed by atoms with Crippen molar-refractivity contribution < 1.29 is 15.0 Å². The molecule has 0 aliphatic rings. The lowest BCUT2D eigenvalue weighted by Gasteiger charge is -2.03. The van der Waals surface area contributed by atoms with Gasteiger partial charge in [0, 0.05) is 5.92 Å². The van der Waals surface area contributed by atoms with Crippen molar-refractivity contribution in [2.45, 2.75) is 62.3 Å². The van der Waals surface area contributed by atoms with E-state index in [2.05, 4.69) is 0 Å². The average molecular weight is 257 g/mol. The molecular formula is C15H29O3-. The van der Waals surface area contributed by atoms with Gasteiger partial charge in [0.25, 0.3) is 0 Å². The van der Waals surface area contributed by atoms with Crippen molar-refractivity contribution in [3.63, 3.8) is 0 Å². The fraction of sp³-hybridized carbons (Fsp3) is 0.667. The predicted octanol–water partition coefficient (Wildman–Crippen LogP) is 3.75. The van der Waals surface area contributed by atoms with Crippen LogP contribution in [0, 0.1) is 5.92 Å². The predicted molar refractivity (Wildman–Crippen MR) is 76.2 cm³/mol. The molecule has 0 spiro atoms. The van der Waals surface area contributed by atoms with Gasteiger partial charge in [-0.3, -0.25) is 4.79 Å². The van der Waals surface area contributed by atoms with Gasteiger partial charge in [0.2, 0.25) is 0 Å². The number of rotatable bonds is 1. The minimum absolute atomic E-state index is 0.176. The largest absolute Gasteiger partial charge is 0.876 e. The number of ketones is 1. The summed E-state index contributed by atoms with van der Waals surface area (Å²) in [6.45, 7) is 16.0. The van der Waals surface area contributed by atoms with E-state index < -0.39 is 0 Å². The van der Waals surface area contributed by atoms with Crippen molar-refractivity contribution >= 4 is 5.78 Å². The van der Waals surface area contributed by atoms with Crippen LogP contribution in [0.15, 0.2) is 22.7 Å². The van der Waals surface area contributed by atoms with Crippen molar-refractivity contribution in [3.05, 3.63) is 22.7 Å². The van der Waals surface area contributed by atoms with E-state index in [-0.39, 0.29) is 17.5 Å². The van der Waals surface area contributed by atoms with Gasteiger partial charge in [-0.05, 0) is 47.1 Å². The van der Waals surface area contributed by atoms with Crippen LogP contribution in [0.3, 0.4) is 0 Å². The highest BCUT2D eigenvalue weighted by Crippen LogP contribution is 1.93. The highest BCUT2D eigenvalue weighted by Gasteiger charge is 1.95. The second-order valence-corrected chi connectivity index (χ2v) is 4.91. The van der Waals surface area contributed by atoms with Crippen LogP contribution in [0.2, 0.25) is 0 Å². The molecule has 0 unspecified atom stereocenters. The highest BCUT2D eigenvalue weighted by molar-refractivity contribution is 5.77. The summed E-state index contributed by atoms with van der Waals surface area (Å²) >= 11 is 0. The van der Waals surface area contributed by atoms with Gasteiger partial charge in [-0.1, -0.05) is 26.3 Å². The summed E-state index contributed by atoms with van der Waals surface area (Å²) < 4.78 is 0. The zero-order valence-electron chi connectivity index (χ0n) is 13.3. The molecule has 0 rings (SSSR count). The molecule has 0 amide bonds. The van der Waals surface area contributed by atoms with Crippen LogP contribution in [0.25, 0.3) is 0 Å². The van der Waals surface area contributed by atoms with Crippen LogP contribution in [0.5, 0.6) is 0 Å². The van der Waals surface area contributed by atoms with Crippen LogP contribution in [-0.2, 0) is 4.79 Å². The van der Waals surface area contributed by atoms with Crippen LogP contribution in [0.1, 0.15) is 62.3 Å². The summed E-state index contributed by atoms with van der Waals surface area (Å²) in [5, 5.41) is 18.6. The summed E-state index contributed by atoms with van der Waals surface area (Å²) in [6.07, 6.45) is 0. The summed E-state index contributed by atoms with van der Waals surface area (Å²) in [6, 6.07) is 0. The highest BCUT2D eigenvalue weighted by atomic mass is 16.3. The monoisotopic (exact) mass is 257 g/mol. The number of hydrogen-bond donors (Lipinski definition) is 1. The van der Waals surface area contributed by atoms with Gasteiger partial charge in [-0.15, -0.1) is 5.76 Å². The topological polar surface area (TPSA) is 60.4 Å². The third kappa shape index (κ3) is 24.1. The molecule has 3 nitrogen and oxygen atoms in total. The van der Waals surface area contributed by atoms with Gasteiger partial charge in [-0.2, -0.15) is 0 Å². The molecule has 0 fully saturated rings. The molecule has 0 saturated heterocycles.